The minimum atomic E-state index is -0.263. The highest BCUT2D eigenvalue weighted by atomic mass is 79.9. The zero-order chi connectivity index (χ0) is 14.5. The Morgan fingerprint density at radius 2 is 2.25 bits per heavy atom. The van der Waals surface area contributed by atoms with Gasteiger partial charge in [0.15, 0.2) is 0 Å². The minimum Gasteiger partial charge on any atom is -0.385 e. The average Bonchev–Trinajstić information content (AvgIpc) is 2.87. The second-order valence-electron chi connectivity index (χ2n) is 4.45. The molecular weight excluding hydrogens is 325 g/mol. The number of nitrogens with zero attached hydrogens (tertiary/aromatic N) is 2. The molecule has 0 aliphatic rings. The molecule has 0 aliphatic heterocycles. The second kappa shape index (κ2) is 6.85. The minimum absolute atomic E-state index is 0.263. The fourth-order valence-corrected chi connectivity index (χ4v) is 2.27. The Morgan fingerprint density at radius 3 is 3.00 bits per heavy atom. The predicted molar refractivity (Wildman–Crippen MR) is 80.9 cm³/mol. The summed E-state index contributed by atoms with van der Waals surface area (Å²) in [5.74, 6) is 0.476. The molecular formula is C14H17BrFN3O. The van der Waals surface area contributed by atoms with Crippen LogP contribution in [0.1, 0.15) is 12.0 Å². The van der Waals surface area contributed by atoms with Gasteiger partial charge in [-0.05, 0) is 47.0 Å². The van der Waals surface area contributed by atoms with Crippen LogP contribution in [0.3, 0.4) is 0 Å². The van der Waals surface area contributed by atoms with Gasteiger partial charge in [-0.25, -0.2) is 9.37 Å². The van der Waals surface area contributed by atoms with Crippen molar-refractivity contribution in [2.75, 3.05) is 25.6 Å². The third kappa shape index (κ3) is 3.37. The van der Waals surface area contributed by atoms with Crippen LogP contribution in [-0.2, 0) is 4.74 Å². The van der Waals surface area contributed by atoms with Gasteiger partial charge in [-0.15, -0.1) is 0 Å². The van der Waals surface area contributed by atoms with Gasteiger partial charge in [0, 0.05) is 32.7 Å². The molecule has 108 valence electrons. The Hall–Kier alpha value is -1.40. The predicted octanol–water partition coefficient (Wildman–Crippen LogP) is 3.53. The van der Waals surface area contributed by atoms with Gasteiger partial charge in [0.2, 0.25) is 5.95 Å². The summed E-state index contributed by atoms with van der Waals surface area (Å²) in [5, 5.41) is 3.25. The number of anilines is 1. The van der Waals surface area contributed by atoms with E-state index >= 15 is 0 Å². The molecule has 0 saturated carbocycles. The number of hydrogen-bond acceptors (Lipinski definition) is 3. The largest absolute Gasteiger partial charge is 0.385 e. The molecule has 1 aromatic heterocycles. The molecule has 4 nitrogen and oxygen atoms in total. The van der Waals surface area contributed by atoms with Gasteiger partial charge >= 0.3 is 0 Å². The van der Waals surface area contributed by atoms with E-state index in [1.165, 1.54) is 6.07 Å². The Morgan fingerprint density at radius 1 is 1.45 bits per heavy atom. The highest BCUT2D eigenvalue weighted by molar-refractivity contribution is 9.10. The van der Waals surface area contributed by atoms with Crippen molar-refractivity contribution < 1.29 is 9.13 Å². The molecule has 0 amide bonds. The molecule has 0 atom stereocenters. The molecule has 0 aliphatic carbocycles. The lowest BCUT2D eigenvalue weighted by Crippen LogP contribution is -2.10. The van der Waals surface area contributed by atoms with Crippen molar-refractivity contribution in [1.82, 2.24) is 9.55 Å². The summed E-state index contributed by atoms with van der Waals surface area (Å²) >= 11 is 3.22. The SMILES string of the molecule is COCCCNc1nccn1-c1cc(Br)c(F)cc1C. The van der Waals surface area contributed by atoms with Crippen molar-refractivity contribution in [3.05, 3.63) is 40.4 Å². The van der Waals surface area contributed by atoms with Crippen molar-refractivity contribution in [3.63, 3.8) is 0 Å². The van der Waals surface area contributed by atoms with Crippen molar-refractivity contribution in [2.24, 2.45) is 0 Å². The number of aromatic nitrogens is 2. The summed E-state index contributed by atoms with van der Waals surface area (Å²) in [7, 11) is 1.68. The molecule has 0 saturated heterocycles. The quantitative estimate of drug-likeness (QED) is 0.817. The fraction of sp³-hybridized carbons (Fsp3) is 0.357. The smallest absolute Gasteiger partial charge is 0.207 e. The molecule has 1 N–H and O–H groups in total. The fourth-order valence-electron chi connectivity index (χ4n) is 1.94. The Kier molecular flexibility index (Phi) is 5.14. The van der Waals surface area contributed by atoms with E-state index in [0.29, 0.717) is 11.1 Å². The summed E-state index contributed by atoms with van der Waals surface area (Å²) in [5.41, 5.74) is 1.74. The van der Waals surface area contributed by atoms with Gasteiger partial charge < -0.3 is 10.1 Å². The van der Waals surface area contributed by atoms with E-state index < -0.39 is 0 Å². The lowest BCUT2D eigenvalue weighted by molar-refractivity contribution is 0.197. The van der Waals surface area contributed by atoms with E-state index in [1.807, 2.05) is 17.7 Å². The topological polar surface area (TPSA) is 39.1 Å². The normalized spacial score (nSPS) is 10.8. The van der Waals surface area contributed by atoms with Crippen molar-refractivity contribution in [1.29, 1.82) is 0 Å². The maximum absolute atomic E-state index is 13.5. The number of ether oxygens (including phenoxy) is 1. The van der Waals surface area contributed by atoms with Crippen LogP contribution in [0.25, 0.3) is 5.69 Å². The summed E-state index contributed by atoms with van der Waals surface area (Å²) < 4.78 is 20.8. The first kappa shape index (κ1) is 15.0. The highest BCUT2D eigenvalue weighted by Gasteiger charge is 2.10. The third-order valence-electron chi connectivity index (χ3n) is 2.95. The first-order valence-electron chi connectivity index (χ1n) is 6.35. The first-order valence-corrected chi connectivity index (χ1v) is 7.15. The molecule has 20 heavy (non-hydrogen) atoms. The lowest BCUT2D eigenvalue weighted by Gasteiger charge is -2.13. The van der Waals surface area contributed by atoms with Gasteiger partial charge in [-0.3, -0.25) is 4.57 Å². The van der Waals surface area contributed by atoms with E-state index in [4.69, 9.17) is 4.74 Å². The molecule has 6 heteroatoms. The van der Waals surface area contributed by atoms with Gasteiger partial charge in [0.1, 0.15) is 5.82 Å². The maximum atomic E-state index is 13.5. The number of imidazole rings is 1. The summed E-state index contributed by atoms with van der Waals surface area (Å²) in [6.07, 6.45) is 4.47. The first-order chi connectivity index (χ1) is 9.63. The average molecular weight is 342 g/mol. The van der Waals surface area contributed by atoms with Gasteiger partial charge in [0.05, 0.1) is 10.2 Å². The van der Waals surface area contributed by atoms with E-state index in [1.54, 1.807) is 19.4 Å². The van der Waals surface area contributed by atoms with Crippen LogP contribution in [0.15, 0.2) is 29.0 Å². The Balaban J connectivity index is 2.21. The molecule has 0 bridgehead atoms. The van der Waals surface area contributed by atoms with Crippen molar-refractivity contribution in [2.45, 2.75) is 13.3 Å². The molecule has 1 heterocycles. The van der Waals surface area contributed by atoms with Crippen LogP contribution < -0.4 is 5.32 Å². The van der Waals surface area contributed by atoms with E-state index in [0.717, 1.165) is 30.2 Å². The van der Waals surface area contributed by atoms with E-state index in [9.17, 15) is 4.39 Å². The molecule has 0 unspecified atom stereocenters. The summed E-state index contributed by atoms with van der Waals surface area (Å²) in [6.45, 7) is 3.35. The van der Waals surface area contributed by atoms with Gasteiger partial charge in [-0.1, -0.05) is 0 Å². The molecule has 2 aromatic rings. The summed E-state index contributed by atoms with van der Waals surface area (Å²) in [4.78, 5) is 4.29. The van der Waals surface area contributed by atoms with E-state index in [2.05, 4.69) is 26.2 Å². The monoisotopic (exact) mass is 341 g/mol. The number of aryl methyl sites for hydroxylation is 1. The lowest BCUT2D eigenvalue weighted by atomic mass is 10.2. The zero-order valence-electron chi connectivity index (χ0n) is 11.5. The Bertz CT molecular complexity index is 586. The van der Waals surface area contributed by atoms with Crippen molar-refractivity contribution >= 4 is 21.9 Å². The number of rotatable bonds is 6. The number of benzene rings is 1. The molecule has 2 rings (SSSR count). The van der Waals surface area contributed by atoms with Gasteiger partial charge in [-0.2, -0.15) is 0 Å². The number of halogens is 2. The second-order valence-corrected chi connectivity index (χ2v) is 5.30. The summed E-state index contributed by atoms with van der Waals surface area (Å²) in [6, 6.07) is 3.26. The van der Waals surface area contributed by atoms with Crippen LogP contribution in [0.5, 0.6) is 0 Å². The molecule has 0 spiro atoms. The third-order valence-corrected chi connectivity index (χ3v) is 3.56. The zero-order valence-corrected chi connectivity index (χ0v) is 13.1. The molecule has 0 radical (unpaired) electrons. The van der Waals surface area contributed by atoms with E-state index in [-0.39, 0.29) is 5.82 Å². The standard InChI is InChI=1S/C14H17BrFN3O/c1-10-8-12(16)11(15)9-13(10)19-6-5-18-14(19)17-4-3-7-20-2/h5-6,8-9H,3-4,7H2,1-2H3,(H,17,18). The van der Waals surface area contributed by atoms with Gasteiger partial charge in [0.25, 0.3) is 0 Å². The van der Waals surface area contributed by atoms with Crippen molar-refractivity contribution in [3.8, 4) is 5.69 Å². The highest BCUT2D eigenvalue weighted by Crippen LogP contribution is 2.25. The van der Waals surface area contributed by atoms with Crippen LogP contribution in [-0.4, -0.2) is 29.8 Å². The number of methoxy groups -OCH3 is 1. The number of nitrogens with one attached hydrogen (secondary N) is 1. The van der Waals surface area contributed by atoms with Crippen LogP contribution in [0, 0.1) is 12.7 Å². The number of hydrogen-bond donors (Lipinski definition) is 1. The van der Waals surface area contributed by atoms with Crippen LogP contribution in [0.2, 0.25) is 0 Å². The molecule has 1 aromatic carbocycles. The Labute approximate surface area is 126 Å². The maximum Gasteiger partial charge on any atom is 0.207 e. The van der Waals surface area contributed by atoms with Crippen LogP contribution >= 0.6 is 15.9 Å². The van der Waals surface area contributed by atoms with Crippen LogP contribution in [0.4, 0.5) is 10.3 Å². The molecule has 0 fully saturated rings.